The Morgan fingerprint density at radius 1 is 1.04 bits per heavy atom. The van der Waals surface area contributed by atoms with Gasteiger partial charge in [-0.2, -0.15) is 0 Å². The lowest BCUT2D eigenvalue weighted by molar-refractivity contribution is -0.123. The van der Waals surface area contributed by atoms with Crippen LogP contribution in [0.25, 0.3) is 6.08 Å². The first-order valence-electron chi connectivity index (χ1n) is 8.91. The maximum absolute atomic E-state index is 12.8. The van der Waals surface area contributed by atoms with E-state index in [1.165, 1.54) is 4.90 Å². The molecule has 3 rings (SSSR count). The molecule has 0 radical (unpaired) electrons. The van der Waals surface area contributed by atoms with E-state index in [9.17, 15) is 9.59 Å². The molecule has 1 aliphatic heterocycles. The standard InChI is InChI=1S/C21H20ClNO4S/c1-3-26-17-10-7-15(18(12-17)27-4-2)11-19-20(24)23(21(25)28-19)13-14-5-8-16(22)9-6-14/h5-12H,3-4,13H2,1-2H3/b19-11-. The van der Waals surface area contributed by atoms with Crippen molar-refractivity contribution in [1.29, 1.82) is 0 Å². The Balaban J connectivity index is 1.83. The van der Waals surface area contributed by atoms with Crippen LogP contribution >= 0.6 is 23.4 Å². The van der Waals surface area contributed by atoms with Crippen LogP contribution in [0, 0.1) is 0 Å². The third-order valence-corrected chi connectivity index (χ3v) is 5.17. The van der Waals surface area contributed by atoms with Crippen molar-refractivity contribution >= 4 is 40.6 Å². The molecule has 2 amide bonds. The van der Waals surface area contributed by atoms with E-state index >= 15 is 0 Å². The minimum Gasteiger partial charge on any atom is -0.494 e. The van der Waals surface area contributed by atoms with Gasteiger partial charge in [0, 0.05) is 16.7 Å². The van der Waals surface area contributed by atoms with Gasteiger partial charge in [-0.25, -0.2) is 0 Å². The normalized spacial score (nSPS) is 15.4. The fraction of sp³-hybridized carbons (Fsp3) is 0.238. The highest BCUT2D eigenvalue weighted by atomic mass is 35.5. The highest BCUT2D eigenvalue weighted by Gasteiger charge is 2.35. The molecule has 0 aromatic heterocycles. The van der Waals surface area contributed by atoms with E-state index in [-0.39, 0.29) is 17.7 Å². The molecular weight excluding hydrogens is 398 g/mol. The van der Waals surface area contributed by atoms with E-state index in [0.717, 1.165) is 22.9 Å². The molecule has 0 spiro atoms. The van der Waals surface area contributed by atoms with Crippen LogP contribution in [-0.2, 0) is 11.3 Å². The third-order valence-electron chi connectivity index (χ3n) is 4.01. The second kappa shape index (κ2) is 9.17. The SMILES string of the molecule is CCOc1ccc(/C=C2\SC(=O)N(Cc3ccc(Cl)cc3)C2=O)c(OCC)c1. The van der Waals surface area contributed by atoms with Crippen molar-refractivity contribution in [3.63, 3.8) is 0 Å². The van der Waals surface area contributed by atoms with Crippen LogP contribution in [0.15, 0.2) is 47.4 Å². The highest BCUT2D eigenvalue weighted by molar-refractivity contribution is 8.18. The summed E-state index contributed by atoms with van der Waals surface area (Å²) in [5.41, 5.74) is 1.56. The third kappa shape index (κ3) is 4.69. The number of amides is 2. The molecule has 1 heterocycles. The maximum atomic E-state index is 12.8. The Bertz CT molecular complexity index is 911. The molecule has 146 valence electrons. The number of carbonyl (C=O) groups excluding carboxylic acids is 2. The molecule has 0 unspecified atom stereocenters. The number of imide groups is 1. The number of benzene rings is 2. The van der Waals surface area contributed by atoms with E-state index in [0.29, 0.717) is 34.6 Å². The number of hydrogen-bond acceptors (Lipinski definition) is 5. The van der Waals surface area contributed by atoms with Gasteiger partial charge in [-0.15, -0.1) is 0 Å². The molecule has 0 aliphatic carbocycles. The summed E-state index contributed by atoms with van der Waals surface area (Å²) in [6.45, 7) is 5.03. The van der Waals surface area contributed by atoms with Gasteiger partial charge >= 0.3 is 0 Å². The summed E-state index contributed by atoms with van der Waals surface area (Å²) in [6, 6.07) is 12.5. The van der Waals surface area contributed by atoms with Gasteiger partial charge in [0.15, 0.2) is 0 Å². The molecule has 1 fully saturated rings. The lowest BCUT2D eigenvalue weighted by atomic mass is 10.1. The summed E-state index contributed by atoms with van der Waals surface area (Å²) in [7, 11) is 0. The van der Waals surface area contributed by atoms with E-state index in [2.05, 4.69) is 0 Å². The van der Waals surface area contributed by atoms with Crippen molar-refractivity contribution in [2.75, 3.05) is 13.2 Å². The molecule has 0 atom stereocenters. The van der Waals surface area contributed by atoms with Gasteiger partial charge in [0.25, 0.3) is 11.1 Å². The Morgan fingerprint density at radius 2 is 1.75 bits per heavy atom. The Kier molecular flexibility index (Phi) is 6.65. The van der Waals surface area contributed by atoms with Crippen LogP contribution in [0.2, 0.25) is 5.02 Å². The minimum absolute atomic E-state index is 0.209. The molecular formula is C21H20ClNO4S. The zero-order valence-electron chi connectivity index (χ0n) is 15.6. The van der Waals surface area contributed by atoms with Crippen molar-refractivity contribution < 1.29 is 19.1 Å². The number of carbonyl (C=O) groups is 2. The number of thioether (sulfide) groups is 1. The van der Waals surface area contributed by atoms with Crippen LogP contribution in [0.3, 0.4) is 0 Å². The summed E-state index contributed by atoms with van der Waals surface area (Å²) in [6.07, 6.45) is 1.69. The molecule has 1 saturated heterocycles. The summed E-state index contributed by atoms with van der Waals surface area (Å²) < 4.78 is 11.2. The average Bonchev–Trinajstić information content (AvgIpc) is 2.93. The summed E-state index contributed by atoms with van der Waals surface area (Å²) >= 11 is 6.81. The van der Waals surface area contributed by atoms with Crippen molar-refractivity contribution in [3.8, 4) is 11.5 Å². The topological polar surface area (TPSA) is 55.8 Å². The van der Waals surface area contributed by atoms with Gasteiger partial charge in [-0.05, 0) is 61.5 Å². The summed E-state index contributed by atoms with van der Waals surface area (Å²) in [4.78, 5) is 26.7. The van der Waals surface area contributed by atoms with E-state index < -0.39 is 0 Å². The number of rotatable bonds is 7. The molecule has 1 aliphatic rings. The van der Waals surface area contributed by atoms with Gasteiger partial charge in [0.2, 0.25) is 0 Å². The first kappa shape index (κ1) is 20.3. The predicted molar refractivity (Wildman–Crippen MR) is 112 cm³/mol. The van der Waals surface area contributed by atoms with Gasteiger partial charge in [-0.1, -0.05) is 23.7 Å². The lowest BCUT2D eigenvalue weighted by Crippen LogP contribution is -2.27. The van der Waals surface area contributed by atoms with Crippen molar-refractivity contribution in [1.82, 2.24) is 4.90 Å². The number of nitrogens with zero attached hydrogens (tertiary/aromatic N) is 1. The number of ether oxygens (including phenoxy) is 2. The first-order chi connectivity index (χ1) is 13.5. The fourth-order valence-electron chi connectivity index (χ4n) is 2.72. The largest absolute Gasteiger partial charge is 0.494 e. The highest BCUT2D eigenvalue weighted by Crippen LogP contribution is 2.36. The van der Waals surface area contributed by atoms with E-state index in [1.807, 2.05) is 26.0 Å². The number of halogens is 1. The van der Waals surface area contributed by atoms with Gasteiger partial charge < -0.3 is 9.47 Å². The van der Waals surface area contributed by atoms with Crippen LogP contribution in [0.5, 0.6) is 11.5 Å². The zero-order valence-corrected chi connectivity index (χ0v) is 17.2. The molecule has 0 saturated carbocycles. The minimum atomic E-state index is -0.318. The predicted octanol–water partition coefficient (Wildman–Crippen LogP) is 5.37. The average molecular weight is 418 g/mol. The van der Waals surface area contributed by atoms with Crippen LogP contribution in [0.1, 0.15) is 25.0 Å². The summed E-state index contributed by atoms with van der Waals surface area (Å²) in [5, 5.41) is 0.312. The van der Waals surface area contributed by atoms with Crippen molar-refractivity contribution in [3.05, 3.63) is 63.5 Å². The van der Waals surface area contributed by atoms with Gasteiger partial charge in [-0.3, -0.25) is 14.5 Å². The van der Waals surface area contributed by atoms with Crippen LogP contribution in [-0.4, -0.2) is 29.3 Å². The second-order valence-corrected chi connectivity index (χ2v) is 7.39. The quantitative estimate of drug-likeness (QED) is 0.566. The van der Waals surface area contributed by atoms with Gasteiger partial charge in [0.1, 0.15) is 11.5 Å². The molecule has 5 nitrogen and oxygen atoms in total. The smallest absolute Gasteiger partial charge is 0.293 e. The molecule has 0 bridgehead atoms. The maximum Gasteiger partial charge on any atom is 0.293 e. The van der Waals surface area contributed by atoms with E-state index in [1.54, 1.807) is 36.4 Å². The summed E-state index contributed by atoms with van der Waals surface area (Å²) in [5.74, 6) is 0.984. The Hall–Kier alpha value is -2.44. The second-order valence-electron chi connectivity index (χ2n) is 5.96. The zero-order chi connectivity index (χ0) is 20.1. The van der Waals surface area contributed by atoms with Crippen molar-refractivity contribution in [2.45, 2.75) is 20.4 Å². The molecule has 2 aromatic rings. The molecule has 0 N–H and O–H groups in total. The van der Waals surface area contributed by atoms with Crippen LogP contribution in [0.4, 0.5) is 4.79 Å². The monoisotopic (exact) mass is 417 g/mol. The molecule has 28 heavy (non-hydrogen) atoms. The molecule has 2 aromatic carbocycles. The fourth-order valence-corrected chi connectivity index (χ4v) is 3.68. The first-order valence-corrected chi connectivity index (χ1v) is 10.1. The van der Waals surface area contributed by atoms with Gasteiger partial charge in [0.05, 0.1) is 24.7 Å². The van der Waals surface area contributed by atoms with Crippen molar-refractivity contribution in [2.24, 2.45) is 0 Å². The number of hydrogen-bond donors (Lipinski definition) is 0. The van der Waals surface area contributed by atoms with E-state index in [4.69, 9.17) is 21.1 Å². The Morgan fingerprint density at radius 3 is 2.43 bits per heavy atom. The Labute approximate surface area is 173 Å². The molecule has 7 heteroatoms. The lowest BCUT2D eigenvalue weighted by Gasteiger charge is -2.12. The van der Waals surface area contributed by atoms with Crippen LogP contribution < -0.4 is 9.47 Å².